The van der Waals surface area contributed by atoms with Crippen LogP contribution in [-0.2, 0) is 0 Å². The van der Waals surface area contributed by atoms with Gasteiger partial charge in [-0.15, -0.1) is 0 Å². The maximum atomic E-state index is 5.62. The number of hydrogen-bond donors (Lipinski definition) is 0. The molecule has 8 nitrogen and oxygen atoms in total. The molecule has 0 N–H and O–H groups in total. The molecule has 41 heavy (non-hydrogen) atoms. The molecule has 0 bridgehead atoms. The number of hydrogen-bond acceptors (Lipinski definition) is 6. The van der Waals surface area contributed by atoms with E-state index in [9.17, 15) is 0 Å². The number of rotatable bonds is 5. The van der Waals surface area contributed by atoms with E-state index in [2.05, 4.69) is 37.3 Å². The highest BCUT2D eigenvalue weighted by molar-refractivity contribution is 5.86. The molecule has 8 heteroatoms. The number of imidazole rings is 1. The first-order valence-electron chi connectivity index (χ1n) is 13.1. The van der Waals surface area contributed by atoms with Gasteiger partial charge in [-0.2, -0.15) is 0 Å². The standard InChI is InChI=1S/C33H27N7O/c1-22-15-18-40-30(19-22)38-31(26-8-6-17-35-33(26)41-4)32(40)25-11-14-29(36-21-39(2)3)37-28(25)13-10-23-9-12-27-24(20-23)7-5-16-34-27/h5-9,11-12,14-21H,1-4H3/b36-21+. The van der Waals surface area contributed by atoms with E-state index < -0.39 is 0 Å². The smallest absolute Gasteiger partial charge is 0.222 e. The number of nitrogens with zero attached hydrogens (tertiary/aromatic N) is 7. The zero-order valence-electron chi connectivity index (χ0n) is 23.2. The van der Waals surface area contributed by atoms with E-state index >= 15 is 0 Å². The molecule has 0 spiro atoms. The molecule has 6 aromatic rings. The number of fused-ring (bicyclic) bond motifs is 2. The maximum absolute atomic E-state index is 5.62. The minimum atomic E-state index is 0.492. The summed E-state index contributed by atoms with van der Waals surface area (Å²) in [5.74, 6) is 7.70. The molecule has 0 radical (unpaired) electrons. The topological polar surface area (TPSA) is 80.8 Å². The van der Waals surface area contributed by atoms with Gasteiger partial charge in [-0.25, -0.2) is 19.9 Å². The highest BCUT2D eigenvalue weighted by Crippen LogP contribution is 2.38. The van der Waals surface area contributed by atoms with Crippen molar-refractivity contribution in [3.63, 3.8) is 0 Å². The van der Waals surface area contributed by atoms with Crippen LogP contribution in [0.3, 0.4) is 0 Å². The van der Waals surface area contributed by atoms with Crippen LogP contribution in [0.4, 0.5) is 5.82 Å². The molecule has 5 heterocycles. The first-order chi connectivity index (χ1) is 20.0. The van der Waals surface area contributed by atoms with Crippen LogP contribution in [0, 0.1) is 18.8 Å². The van der Waals surface area contributed by atoms with Crippen molar-refractivity contribution in [1.29, 1.82) is 0 Å². The van der Waals surface area contributed by atoms with Crippen molar-refractivity contribution in [2.45, 2.75) is 6.92 Å². The van der Waals surface area contributed by atoms with Crippen LogP contribution in [0.2, 0.25) is 0 Å². The molecule has 6 rings (SSSR count). The average Bonchev–Trinajstić information content (AvgIpc) is 3.36. The molecule has 0 aliphatic rings. The first kappa shape index (κ1) is 25.7. The zero-order valence-corrected chi connectivity index (χ0v) is 23.2. The monoisotopic (exact) mass is 537 g/mol. The Hall–Kier alpha value is -5.55. The number of aromatic nitrogens is 5. The van der Waals surface area contributed by atoms with Gasteiger partial charge in [0, 0.05) is 49.2 Å². The van der Waals surface area contributed by atoms with Gasteiger partial charge in [-0.1, -0.05) is 12.0 Å². The number of ether oxygens (including phenoxy) is 1. The summed E-state index contributed by atoms with van der Waals surface area (Å²) in [6.45, 7) is 2.05. The number of aliphatic imine (C=N–C) groups is 1. The number of pyridine rings is 4. The Morgan fingerprint density at radius 2 is 1.76 bits per heavy atom. The number of benzene rings is 1. The van der Waals surface area contributed by atoms with Crippen molar-refractivity contribution in [3.05, 3.63) is 102 Å². The SMILES string of the molecule is COc1ncccc1-c1nc2cc(C)ccn2c1-c1ccc(/N=C/N(C)C)nc1C#Cc1ccc2ncccc2c1. The molecular formula is C33H27N7O. The first-order valence-corrected chi connectivity index (χ1v) is 13.1. The molecule has 0 aliphatic heterocycles. The minimum absolute atomic E-state index is 0.492. The Bertz CT molecular complexity index is 2000. The van der Waals surface area contributed by atoms with Crippen LogP contribution in [0.1, 0.15) is 16.8 Å². The predicted molar refractivity (Wildman–Crippen MR) is 163 cm³/mol. The fraction of sp³-hybridized carbons (Fsp3) is 0.121. The molecule has 5 aromatic heterocycles. The van der Waals surface area contributed by atoms with Crippen molar-refractivity contribution < 1.29 is 4.74 Å². The third-order valence-electron chi connectivity index (χ3n) is 6.49. The summed E-state index contributed by atoms with van der Waals surface area (Å²) in [5, 5.41) is 1.03. The summed E-state index contributed by atoms with van der Waals surface area (Å²) in [6.07, 6.45) is 7.23. The van der Waals surface area contributed by atoms with E-state index in [1.165, 1.54) is 0 Å². The second-order valence-corrected chi connectivity index (χ2v) is 9.74. The molecule has 0 amide bonds. The van der Waals surface area contributed by atoms with Gasteiger partial charge in [-0.3, -0.25) is 9.38 Å². The normalized spacial score (nSPS) is 11.1. The summed E-state index contributed by atoms with van der Waals surface area (Å²) in [6, 6.07) is 21.8. The lowest BCUT2D eigenvalue weighted by Crippen LogP contribution is -2.07. The van der Waals surface area contributed by atoms with Gasteiger partial charge in [0.05, 0.1) is 30.2 Å². The second-order valence-electron chi connectivity index (χ2n) is 9.74. The molecular weight excluding hydrogens is 510 g/mol. The van der Waals surface area contributed by atoms with E-state index in [1.807, 2.05) is 92.8 Å². The van der Waals surface area contributed by atoms with Gasteiger partial charge in [0.25, 0.3) is 0 Å². The van der Waals surface area contributed by atoms with Crippen molar-refractivity contribution >= 4 is 28.7 Å². The maximum Gasteiger partial charge on any atom is 0.222 e. The van der Waals surface area contributed by atoms with Gasteiger partial charge in [0.1, 0.15) is 17.0 Å². The van der Waals surface area contributed by atoms with Crippen LogP contribution in [0.25, 0.3) is 39.1 Å². The fourth-order valence-corrected chi connectivity index (χ4v) is 4.59. The van der Waals surface area contributed by atoms with Crippen molar-refractivity contribution in [3.8, 4) is 40.2 Å². The average molecular weight is 538 g/mol. The molecule has 0 atom stereocenters. The van der Waals surface area contributed by atoms with Gasteiger partial charge in [0.15, 0.2) is 5.82 Å². The molecule has 0 fully saturated rings. The van der Waals surface area contributed by atoms with Crippen LogP contribution in [0.15, 0.2) is 90.3 Å². The Labute approximate surface area is 238 Å². The highest BCUT2D eigenvalue weighted by atomic mass is 16.5. The molecule has 0 saturated heterocycles. The number of methoxy groups -OCH3 is 1. The molecule has 0 unspecified atom stereocenters. The van der Waals surface area contributed by atoms with Gasteiger partial charge in [0.2, 0.25) is 5.88 Å². The van der Waals surface area contributed by atoms with E-state index in [0.717, 1.165) is 50.2 Å². The minimum Gasteiger partial charge on any atom is -0.481 e. The van der Waals surface area contributed by atoms with Crippen molar-refractivity contribution in [2.24, 2.45) is 4.99 Å². The molecule has 1 aromatic carbocycles. The fourth-order valence-electron chi connectivity index (χ4n) is 4.59. The Morgan fingerprint density at radius 3 is 2.61 bits per heavy atom. The quantitative estimate of drug-likeness (QED) is 0.154. The summed E-state index contributed by atoms with van der Waals surface area (Å²) in [5.41, 5.74) is 7.45. The molecule has 0 saturated carbocycles. The lowest BCUT2D eigenvalue weighted by atomic mass is 10.0. The summed E-state index contributed by atoms with van der Waals surface area (Å²) in [7, 11) is 5.45. The number of aryl methyl sites for hydroxylation is 1. The third-order valence-corrected chi connectivity index (χ3v) is 6.49. The highest BCUT2D eigenvalue weighted by Gasteiger charge is 2.22. The van der Waals surface area contributed by atoms with E-state index in [0.29, 0.717) is 17.4 Å². The summed E-state index contributed by atoms with van der Waals surface area (Å²) in [4.78, 5) is 25.1. The summed E-state index contributed by atoms with van der Waals surface area (Å²) < 4.78 is 7.68. The van der Waals surface area contributed by atoms with Crippen molar-refractivity contribution in [1.82, 2.24) is 29.2 Å². The largest absolute Gasteiger partial charge is 0.481 e. The van der Waals surface area contributed by atoms with Gasteiger partial charge >= 0.3 is 0 Å². The van der Waals surface area contributed by atoms with Gasteiger partial charge in [-0.05, 0) is 79.1 Å². The lowest BCUT2D eigenvalue weighted by Gasteiger charge is -2.11. The van der Waals surface area contributed by atoms with Crippen LogP contribution >= 0.6 is 0 Å². The van der Waals surface area contributed by atoms with E-state index in [4.69, 9.17) is 14.7 Å². The third kappa shape index (κ3) is 5.21. The van der Waals surface area contributed by atoms with E-state index in [-0.39, 0.29) is 0 Å². The second kappa shape index (κ2) is 10.9. The molecule has 200 valence electrons. The van der Waals surface area contributed by atoms with E-state index in [1.54, 1.807) is 25.8 Å². The van der Waals surface area contributed by atoms with Crippen molar-refractivity contribution in [2.75, 3.05) is 21.2 Å². The Balaban J connectivity index is 1.59. The lowest BCUT2D eigenvalue weighted by molar-refractivity contribution is 0.399. The van der Waals surface area contributed by atoms with Crippen LogP contribution in [-0.4, -0.2) is 56.8 Å². The van der Waals surface area contributed by atoms with Gasteiger partial charge < -0.3 is 9.64 Å². The van der Waals surface area contributed by atoms with Crippen LogP contribution < -0.4 is 4.74 Å². The summed E-state index contributed by atoms with van der Waals surface area (Å²) >= 11 is 0. The molecule has 0 aliphatic carbocycles. The predicted octanol–water partition coefficient (Wildman–Crippen LogP) is 5.94. The van der Waals surface area contributed by atoms with Crippen LogP contribution in [0.5, 0.6) is 5.88 Å². The Kier molecular flexibility index (Phi) is 6.84. The Morgan fingerprint density at radius 1 is 0.902 bits per heavy atom. The zero-order chi connectivity index (χ0) is 28.3.